The molecule has 1 aromatic carbocycles. The summed E-state index contributed by atoms with van der Waals surface area (Å²) in [4.78, 5) is 28.1. The van der Waals surface area contributed by atoms with Gasteiger partial charge in [-0.05, 0) is 37.6 Å². The van der Waals surface area contributed by atoms with Crippen LogP contribution in [0.4, 0.5) is 0 Å². The summed E-state index contributed by atoms with van der Waals surface area (Å²) in [5.41, 5.74) is 1.20. The standard InChI is InChI=1S/C20H18N2O4/c1-13-11-17(23)25-14(2)18(13)19(24)22-12-15-7-6-10-21-20(15)26-16-8-4-3-5-9-16/h3-11H,12H2,1-2H3,(H,22,24). The highest BCUT2D eigenvalue weighted by atomic mass is 16.5. The molecule has 0 spiro atoms. The molecule has 3 aromatic rings. The number of rotatable bonds is 5. The maximum absolute atomic E-state index is 12.5. The average Bonchev–Trinajstić information content (AvgIpc) is 2.61. The number of aromatic nitrogens is 1. The van der Waals surface area contributed by atoms with Crippen LogP contribution in [-0.2, 0) is 6.54 Å². The molecular formula is C20H18N2O4. The van der Waals surface area contributed by atoms with Crippen molar-refractivity contribution in [3.8, 4) is 11.6 Å². The van der Waals surface area contributed by atoms with E-state index < -0.39 is 5.63 Å². The first-order chi connectivity index (χ1) is 12.5. The summed E-state index contributed by atoms with van der Waals surface area (Å²) in [6.45, 7) is 3.52. The number of hydrogen-bond donors (Lipinski definition) is 1. The van der Waals surface area contributed by atoms with Crippen LogP contribution in [0, 0.1) is 13.8 Å². The number of pyridine rings is 1. The van der Waals surface area contributed by atoms with Crippen molar-refractivity contribution in [3.63, 3.8) is 0 Å². The fourth-order valence-electron chi connectivity index (χ4n) is 2.61. The summed E-state index contributed by atoms with van der Waals surface area (Å²) in [6.07, 6.45) is 1.63. The van der Waals surface area contributed by atoms with Crippen LogP contribution in [0.2, 0.25) is 0 Å². The Bertz CT molecular complexity index is 954. The van der Waals surface area contributed by atoms with E-state index in [1.165, 1.54) is 6.07 Å². The molecule has 6 nitrogen and oxygen atoms in total. The SMILES string of the molecule is Cc1cc(=O)oc(C)c1C(=O)NCc1cccnc1Oc1ccccc1. The number of nitrogens with one attached hydrogen (secondary N) is 1. The van der Waals surface area contributed by atoms with Crippen LogP contribution in [0.3, 0.4) is 0 Å². The molecule has 0 atom stereocenters. The lowest BCUT2D eigenvalue weighted by Crippen LogP contribution is -2.25. The third-order valence-corrected chi connectivity index (χ3v) is 3.81. The minimum absolute atomic E-state index is 0.229. The Labute approximate surface area is 150 Å². The van der Waals surface area contributed by atoms with Crippen LogP contribution >= 0.6 is 0 Å². The van der Waals surface area contributed by atoms with Crippen molar-refractivity contribution in [1.82, 2.24) is 10.3 Å². The number of para-hydroxylation sites is 1. The molecule has 2 heterocycles. The van der Waals surface area contributed by atoms with Gasteiger partial charge in [0.15, 0.2) is 0 Å². The van der Waals surface area contributed by atoms with E-state index in [9.17, 15) is 9.59 Å². The van der Waals surface area contributed by atoms with Gasteiger partial charge in [0, 0.05) is 24.4 Å². The van der Waals surface area contributed by atoms with Crippen molar-refractivity contribution in [2.45, 2.75) is 20.4 Å². The van der Waals surface area contributed by atoms with Gasteiger partial charge in [-0.2, -0.15) is 0 Å². The quantitative estimate of drug-likeness (QED) is 0.763. The average molecular weight is 350 g/mol. The third-order valence-electron chi connectivity index (χ3n) is 3.81. The number of ether oxygens (including phenoxy) is 1. The van der Waals surface area contributed by atoms with E-state index in [0.717, 1.165) is 5.56 Å². The number of benzene rings is 1. The molecule has 0 radical (unpaired) electrons. The van der Waals surface area contributed by atoms with Crippen molar-refractivity contribution in [2.75, 3.05) is 0 Å². The molecule has 0 unspecified atom stereocenters. The van der Waals surface area contributed by atoms with Crippen LogP contribution in [0.1, 0.15) is 27.2 Å². The Morgan fingerprint density at radius 1 is 1.15 bits per heavy atom. The van der Waals surface area contributed by atoms with Crippen molar-refractivity contribution < 1.29 is 13.9 Å². The van der Waals surface area contributed by atoms with E-state index in [0.29, 0.717) is 28.5 Å². The van der Waals surface area contributed by atoms with Crippen LogP contribution in [0.5, 0.6) is 11.6 Å². The van der Waals surface area contributed by atoms with Gasteiger partial charge >= 0.3 is 5.63 Å². The van der Waals surface area contributed by atoms with E-state index in [2.05, 4.69) is 10.3 Å². The second-order valence-electron chi connectivity index (χ2n) is 5.75. The maximum atomic E-state index is 12.5. The zero-order valence-corrected chi connectivity index (χ0v) is 14.5. The predicted octanol–water partition coefficient (Wildman–Crippen LogP) is 3.37. The molecular weight excluding hydrogens is 332 g/mol. The molecule has 0 aliphatic carbocycles. The Morgan fingerprint density at radius 2 is 1.92 bits per heavy atom. The molecule has 0 bridgehead atoms. The lowest BCUT2D eigenvalue weighted by atomic mass is 10.1. The highest BCUT2D eigenvalue weighted by Crippen LogP contribution is 2.22. The summed E-state index contributed by atoms with van der Waals surface area (Å²) in [7, 11) is 0. The van der Waals surface area contributed by atoms with Gasteiger partial charge in [0.2, 0.25) is 5.88 Å². The van der Waals surface area contributed by atoms with E-state index in [-0.39, 0.29) is 12.5 Å². The Hall–Kier alpha value is -3.41. The largest absolute Gasteiger partial charge is 0.439 e. The summed E-state index contributed by atoms with van der Waals surface area (Å²) in [5.74, 6) is 1.06. The van der Waals surface area contributed by atoms with Gasteiger partial charge in [-0.25, -0.2) is 9.78 Å². The minimum atomic E-state index is -0.470. The van der Waals surface area contributed by atoms with E-state index in [1.807, 2.05) is 36.4 Å². The summed E-state index contributed by atoms with van der Waals surface area (Å²) < 4.78 is 10.8. The topological polar surface area (TPSA) is 81.4 Å². The first-order valence-electron chi connectivity index (χ1n) is 8.11. The molecule has 0 saturated heterocycles. The Morgan fingerprint density at radius 3 is 2.65 bits per heavy atom. The fourth-order valence-corrected chi connectivity index (χ4v) is 2.61. The molecule has 132 valence electrons. The molecule has 2 aromatic heterocycles. The van der Waals surface area contributed by atoms with Crippen molar-refractivity contribution in [2.24, 2.45) is 0 Å². The monoisotopic (exact) mass is 350 g/mol. The molecule has 6 heteroatoms. The van der Waals surface area contributed by atoms with Gasteiger partial charge in [-0.1, -0.05) is 24.3 Å². The van der Waals surface area contributed by atoms with E-state index >= 15 is 0 Å². The minimum Gasteiger partial charge on any atom is -0.439 e. The Kier molecular flexibility index (Phi) is 5.12. The third kappa shape index (κ3) is 3.97. The molecule has 1 amide bonds. The highest BCUT2D eigenvalue weighted by molar-refractivity contribution is 5.96. The van der Waals surface area contributed by atoms with Crippen molar-refractivity contribution in [3.05, 3.63) is 87.6 Å². The molecule has 0 aliphatic heterocycles. The van der Waals surface area contributed by atoms with E-state index in [4.69, 9.17) is 9.15 Å². The van der Waals surface area contributed by atoms with Gasteiger partial charge in [0.1, 0.15) is 11.5 Å². The second kappa shape index (κ2) is 7.65. The zero-order valence-electron chi connectivity index (χ0n) is 14.5. The van der Waals surface area contributed by atoms with Crippen LogP contribution in [0.15, 0.2) is 63.9 Å². The second-order valence-corrected chi connectivity index (χ2v) is 5.75. The van der Waals surface area contributed by atoms with Gasteiger partial charge in [-0.3, -0.25) is 4.79 Å². The normalized spacial score (nSPS) is 10.4. The van der Waals surface area contributed by atoms with Crippen LogP contribution < -0.4 is 15.7 Å². The highest BCUT2D eigenvalue weighted by Gasteiger charge is 2.16. The molecule has 26 heavy (non-hydrogen) atoms. The number of hydrogen-bond acceptors (Lipinski definition) is 5. The van der Waals surface area contributed by atoms with Crippen LogP contribution in [-0.4, -0.2) is 10.9 Å². The number of carbonyl (C=O) groups excluding carboxylic acids is 1. The first kappa shape index (κ1) is 17.4. The van der Waals surface area contributed by atoms with Gasteiger partial charge in [-0.15, -0.1) is 0 Å². The van der Waals surface area contributed by atoms with Crippen LogP contribution in [0.25, 0.3) is 0 Å². The Balaban J connectivity index is 1.76. The molecule has 0 saturated carbocycles. The number of nitrogens with zero attached hydrogens (tertiary/aromatic N) is 1. The lowest BCUT2D eigenvalue weighted by molar-refractivity contribution is 0.0946. The fraction of sp³-hybridized carbons (Fsp3) is 0.150. The van der Waals surface area contributed by atoms with Gasteiger partial charge in [0.05, 0.1) is 5.56 Å². The van der Waals surface area contributed by atoms with Crippen molar-refractivity contribution in [1.29, 1.82) is 0 Å². The van der Waals surface area contributed by atoms with Gasteiger partial charge in [0.25, 0.3) is 5.91 Å². The first-order valence-corrected chi connectivity index (χ1v) is 8.11. The summed E-state index contributed by atoms with van der Waals surface area (Å²) in [5, 5.41) is 2.82. The zero-order chi connectivity index (χ0) is 18.5. The molecule has 3 rings (SSSR count). The lowest BCUT2D eigenvalue weighted by Gasteiger charge is -2.12. The smallest absolute Gasteiger partial charge is 0.336 e. The molecule has 0 aliphatic rings. The number of amides is 1. The molecule has 1 N–H and O–H groups in total. The number of aryl methyl sites for hydroxylation is 2. The van der Waals surface area contributed by atoms with E-state index in [1.54, 1.807) is 26.1 Å². The predicted molar refractivity (Wildman–Crippen MR) is 96.4 cm³/mol. The van der Waals surface area contributed by atoms with Crippen molar-refractivity contribution >= 4 is 5.91 Å². The summed E-state index contributed by atoms with van der Waals surface area (Å²) in [6, 6.07) is 14.2. The maximum Gasteiger partial charge on any atom is 0.336 e. The van der Waals surface area contributed by atoms with Gasteiger partial charge < -0.3 is 14.5 Å². The molecule has 0 fully saturated rings. The number of carbonyl (C=O) groups is 1. The summed E-state index contributed by atoms with van der Waals surface area (Å²) >= 11 is 0.